The topological polar surface area (TPSA) is 67.4 Å². The van der Waals surface area contributed by atoms with Crippen LogP contribution in [0.5, 0.6) is 5.75 Å². The van der Waals surface area contributed by atoms with Gasteiger partial charge in [0.2, 0.25) is 0 Å². The van der Waals surface area contributed by atoms with Gasteiger partial charge in [-0.2, -0.15) is 0 Å². The van der Waals surface area contributed by atoms with Crippen LogP contribution in [0.25, 0.3) is 6.08 Å². The number of ether oxygens (including phenoxy) is 1. The summed E-state index contributed by atoms with van der Waals surface area (Å²) in [5, 5.41) is 0. The molecule has 0 radical (unpaired) electrons. The molecule has 0 bridgehead atoms. The van der Waals surface area contributed by atoms with Crippen LogP contribution in [0, 0.1) is 19.7 Å². The lowest BCUT2D eigenvalue weighted by Crippen LogP contribution is -2.43. The molecule has 0 saturated carbocycles. The Bertz CT molecular complexity index is 766. The smallest absolute Gasteiger partial charge is 0.276 e. The summed E-state index contributed by atoms with van der Waals surface area (Å²) in [5.74, 6) is -0.750. The molecule has 0 spiro atoms. The van der Waals surface area contributed by atoms with Gasteiger partial charge in [-0.3, -0.25) is 20.4 Å². The number of halogens is 1. The Morgan fingerprint density at radius 3 is 2.32 bits per heavy atom. The Labute approximate surface area is 145 Å². The number of carbonyl (C=O) groups excluding carboxylic acids is 2. The molecule has 2 amide bonds. The second-order valence-corrected chi connectivity index (χ2v) is 5.53. The van der Waals surface area contributed by atoms with Crippen LogP contribution < -0.4 is 15.6 Å². The number of hydrogen-bond acceptors (Lipinski definition) is 3. The highest BCUT2D eigenvalue weighted by atomic mass is 19.1. The minimum Gasteiger partial charge on any atom is -0.484 e. The molecule has 0 heterocycles. The molecular formula is C19H19FN2O3. The molecule has 25 heavy (non-hydrogen) atoms. The fourth-order valence-corrected chi connectivity index (χ4v) is 2.12. The number of rotatable bonds is 5. The van der Waals surface area contributed by atoms with E-state index >= 15 is 0 Å². The maximum Gasteiger partial charge on any atom is 0.276 e. The van der Waals surface area contributed by atoms with E-state index in [1.807, 2.05) is 32.0 Å². The highest BCUT2D eigenvalue weighted by Gasteiger charge is 2.04. The van der Waals surface area contributed by atoms with Crippen molar-refractivity contribution >= 4 is 17.9 Å². The molecule has 2 aromatic rings. The number of carbonyl (C=O) groups is 2. The quantitative estimate of drug-likeness (QED) is 0.648. The van der Waals surface area contributed by atoms with Gasteiger partial charge in [-0.05, 0) is 60.9 Å². The molecule has 0 aliphatic rings. The van der Waals surface area contributed by atoms with Gasteiger partial charge in [-0.25, -0.2) is 4.39 Å². The van der Waals surface area contributed by atoms with Crippen LogP contribution in [-0.4, -0.2) is 18.4 Å². The zero-order chi connectivity index (χ0) is 18.2. The minimum absolute atomic E-state index is 0.217. The van der Waals surface area contributed by atoms with Crippen LogP contribution in [0.2, 0.25) is 0 Å². The molecule has 2 N–H and O–H groups in total. The first kappa shape index (κ1) is 18.2. The molecule has 2 aromatic carbocycles. The van der Waals surface area contributed by atoms with Gasteiger partial charge in [-0.1, -0.05) is 18.2 Å². The zero-order valence-corrected chi connectivity index (χ0v) is 14.0. The van der Waals surface area contributed by atoms with Crippen molar-refractivity contribution in [1.29, 1.82) is 0 Å². The van der Waals surface area contributed by atoms with Gasteiger partial charge in [-0.15, -0.1) is 0 Å². The first-order chi connectivity index (χ1) is 11.9. The first-order valence-electron chi connectivity index (χ1n) is 7.66. The number of aryl methyl sites for hydroxylation is 2. The van der Waals surface area contributed by atoms with Gasteiger partial charge in [0.1, 0.15) is 11.6 Å². The van der Waals surface area contributed by atoms with Gasteiger partial charge < -0.3 is 4.74 Å². The van der Waals surface area contributed by atoms with E-state index in [1.165, 1.54) is 36.4 Å². The molecule has 0 saturated heterocycles. The lowest BCUT2D eigenvalue weighted by molar-refractivity contribution is -0.128. The van der Waals surface area contributed by atoms with Crippen LogP contribution >= 0.6 is 0 Å². The van der Waals surface area contributed by atoms with Gasteiger partial charge in [0.15, 0.2) is 6.61 Å². The number of hydrogen-bond donors (Lipinski definition) is 2. The average Bonchev–Trinajstić information content (AvgIpc) is 2.57. The van der Waals surface area contributed by atoms with Crippen molar-refractivity contribution < 1.29 is 18.7 Å². The highest BCUT2D eigenvalue weighted by Crippen LogP contribution is 2.15. The van der Waals surface area contributed by atoms with Crippen LogP contribution in [0.15, 0.2) is 48.5 Å². The lowest BCUT2D eigenvalue weighted by Gasteiger charge is -2.09. The van der Waals surface area contributed by atoms with E-state index in [4.69, 9.17) is 4.74 Å². The molecule has 130 valence electrons. The van der Waals surface area contributed by atoms with Crippen molar-refractivity contribution in [1.82, 2.24) is 10.9 Å². The predicted molar refractivity (Wildman–Crippen MR) is 93.1 cm³/mol. The molecule has 0 unspecified atom stereocenters. The maximum absolute atomic E-state index is 12.8. The Kier molecular flexibility index (Phi) is 6.28. The normalized spacial score (nSPS) is 10.5. The van der Waals surface area contributed by atoms with E-state index in [0.29, 0.717) is 11.3 Å². The Morgan fingerprint density at radius 1 is 1.04 bits per heavy atom. The van der Waals surface area contributed by atoms with Gasteiger partial charge >= 0.3 is 0 Å². The van der Waals surface area contributed by atoms with Crippen LogP contribution in [0.3, 0.4) is 0 Å². The van der Waals surface area contributed by atoms with Crippen LogP contribution in [0.1, 0.15) is 16.7 Å². The molecule has 0 aliphatic carbocycles. The summed E-state index contributed by atoms with van der Waals surface area (Å²) in [6, 6.07) is 11.3. The minimum atomic E-state index is -0.510. The van der Waals surface area contributed by atoms with Gasteiger partial charge in [0, 0.05) is 6.08 Å². The van der Waals surface area contributed by atoms with Crippen molar-refractivity contribution in [2.75, 3.05) is 6.61 Å². The number of hydrazine groups is 1. The van der Waals surface area contributed by atoms with E-state index in [0.717, 1.165) is 11.1 Å². The molecule has 0 fully saturated rings. The maximum atomic E-state index is 12.8. The van der Waals surface area contributed by atoms with Crippen LogP contribution in [-0.2, 0) is 9.59 Å². The number of nitrogens with one attached hydrogen (secondary N) is 2. The Balaban J connectivity index is 1.75. The average molecular weight is 342 g/mol. The second kappa shape index (κ2) is 8.63. The van der Waals surface area contributed by atoms with E-state index in [9.17, 15) is 14.0 Å². The third-order valence-corrected chi connectivity index (χ3v) is 3.19. The van der Waals surface area contributed by atoms with Crippen molar-refractivity contribution in [3.05, 3.63) is 71.0 Å². The lowest BCUT2D eigenvalue weighted by atomic mass is 10.1. The summed E-state index contributed by atoms with van der Waals surface area (Å²) in [6.07, 6.45) is 2.74. The molecule has 0 aromatic heterocycles. The molecule has 0 aliphatic heterocycles. The predicted octanol–water partition coefficient (Wildman–Crippen LogP) is 2.68. The summed E-state index contributed by atoms with van der Waals surface area (Å²) < 4.78 is 18.2. The summed E-state index contributed by atoms with van der Waals surface area (Å²) in [4.78, 5) is 23.3. The van der Waals surface area contributed by atoms with E-state index < -0.39 is 11.8 Å². The molecule has 5 nitrogen and oxygen atoms in total. The summed E-state index contributed by atoms with van der Waals surface area (Å²) >= 11 is 0. The highest BCUT2D eigenvalue weighted by molar-refractivity contribution is 5.93. The third kappa shape index (κ3) is 6.47. The summed E-state index contributed by atoms with van der Waals surface area (Å²) in [6.45, 7) is 3.66. The standard InChI is InChI=1S/C19H19FN2O3/c1-13-9-14(2)11-17(10-13)25-12-19(24)22-21-18(23)8-5-15-3-6-16(20)7-4-15/h3-11H,12H2,1-2H3,(H,21,23)(H,22,24). The second-order valence-electron chi connectivity index (χ2n) is 5.53. The Hall–Kier alpha value is -3.15. The SMILES string of the molecule is Cc1cc(C)cc(OCC(=O)NNC(=O)C=Cc2ccc(F)cc2)c1. The summed E-state index contributed by atoms with van der Waals surface area (Å²) in [7, 11) is 0. The monoisotopic (exact) mass is 342 g/mol. The van der Waals surface area contributed by atoms with Gasteiger partial charge in [0.05, 0.1) is 0 Å². The van der Waals surface area contributed by atoms with Crippen molar-refractivity contribution in [3.63, 3.8) is 0 Å². The van der Waals surface area contributed by atoms with Crippen molar-refractivity contribution in [2.45, 2.75) is 13.8 Å². The molecule has 0 atom stereocenters. The Morgan fingerprint density at radius 2 is 1.68 bits per heavy atom. The zero-order valence-electron chi connectivity index (χ0n) is 14.0. The van der Waals surface area contributed by atoms with E-state index in [1.54, 1.807) is 0 Å². The largest absolute Gasteiger partial charge is 0.484 e. The van der Waals surface area contributed by atoms with Crippen LogP contribution in [0.4, 0.5) is 4.39 Å². The number of benzene rings is 2. The van der Waals surface area contributed by atoms with Crippen molar-refractivity contribution in [3.8, 4) is 5.75 Å². The third-order valence-electron chi connectivity index (χ3n) is 3.19. The fourth-order valence-electron chi connectivity index (χ4n) is 2.12. The molecule has 6 heteroatoms. The fraction of sp³-hybridized carbons (Fsp3) is 0.158. The van der Waals surface area contributed by atoms with Gasteiger partial charge in [0.25, 0.3) is 11.8 Å². The summed E-state index contributed by atoms with van der Waals surface area (Å²) in [5.41, 5.74) is 7.24. The first-order valence-corrected chi connectivity index (χ1v) is 7.66. The van der Waals surface area contributed by atoms with Crippen molar-refractivity contribution in [2.24, 2.45) is 0 Å². The molecule has 2 rings (SSSR count). The number of amides is 2. The van der Waals surface area contributed by atoms with E-state index in [2.05, 4.69) is 10.9 Å². The molecular weight excluding hydrogens is 323 g/mol. The van der Waals surface area contributed by atoms with E-state index in [-0.39, 0.29) is 12.4 Å².